The van der Waals surface area contributed by atoms with Gasteiger partial charge in [0.05, 0.1) is 26.4 Å². The van der Waals surface area contributed by atoms with Crippen molar-refractivity contribution in [2.24, 2.45) is 0 Å². The summed E-state index contributed by atoms with van der Waals surface area (Å²) in [4.78, 5) is 34.8. The second-order valence-corrected chi connectivity index (χ2v) is 4.01. The Hall–Kier alpha value is -2.42. The van der Waals surface area contributed by atoms with Gasteiger partial charge < -0.3 is 18.8 Å². The van der Waals surface area contributed by atoms with E-state index in [1.165, 1.54) is 18.1 Å². The molecule has 9 nitrogen and oxygen atoms in total. The summed E-state index contributed by atoms with van der Waals surface area (Å²) < 4.78 is 14.6. The second kappa shape index (κ2) is 5.70. The van der Waals surface area contributed by atoms with Crippen LogP contribution in [0.25, 0.3) is 0 Å². The molecule has 20 heavy (non-hydrogen) atoms. The maximum Gasteiger partial charge on any atom is 0.433 e. The standard InChI is InChI=1S/C11H12N2O7/c1-18-11(15)7-6-19-5-4-12(7)10(14)8-2-3-9(20-8)13(16)17/h2-3,7H,4-6H2,1H3. The van der Waals surface area contributed by atoms with Gasteiger partial charge in [-0.2, -0.15) is 0 Å². The minimum atomic E-state index is -0.884. The van der Waals surface area contributed by atoms with Crippen LogP contribution < -0.4 is 0 Å². The molecule has 2 heterocycles. The van der Waals surface area contributed by atoms with Crippen molar-refractivity contribution in [3.63, 3.8) is 0 Å². The highest BCUT2D eigenvalue weighted by molar-refractivity contribution is 5.95. The van der Waals surface area contributed by atoms with Crippen molar-refractivity contribution in [2.45, 2.75) is 6.04 Å². The third kappa shape index (κ3) is 2.62. The minimum Gasteiger partial charge on any atom is -0.467 e. The monoisotopic (exact) mass is 284 g/mol. The number of morpholine rings is 1. The van der Waals surface area contributed by atoms with E-state index in [4.69, 9.17) is 9.15 Å². The molecule has 0 saturated carbocycles. The zero-order chi connectivity index (χ0) is 14.7. The van der Waals surface area contributed by atoms with Gasteiger partial charge in [-0.3, -0.25) is 14.9 Å². The van der Waals surface area contributed by atoms with Gasteiger partial charge in [0.1, 0.15) is 4.92 Å². The number of nitro groups is 1. The van der Waals surface area contributed by atoms with E-state index < -0.39 is 28.7 Å². The summed E-state index contributed by atoms with van der Waals surface area (Å²) in [5, 5.41) is 10.5. The van der Waals surface area contributed by atoms with Crippen molar-refractivity contribution < 1.29 is 28.4 Å². The fourth-order valence-electron chi connectivity index (χ4n) is 1.86. The van der Waals surface area contributed by atoms with Crippen LogP contribution in [-0.4, -0.2) is 54.6 Å². The van der Waals surface area contributed by atoms with Gasteiger partial charge in [0.25, 0.3) is 5.91 Å². The van der Waals surface area contributed by atoms with E-state index in [1.54, 1.807) is 0 Å². The van der Waals surface area contributed by atoms with E-state index in [2.05, 4.69) is 4.74 Å². The fourth-order valence-corrected chi connectivity index (χ4v) is 1.86. The number of esters is 1. The van der Waals surface area contributed by atoms with Crippen molar-refractivity contribution in [1.29, 1.82) is 0 Å². The first-order valence-corrected chi connectivity index (χ1v) is 5.75. The number of amides is 1. The van der Waals surface area contributed by atoms with E-state index in [0.29, 0.717) is 0 Å². The third-order valence-corrected chi connectivity index (χ3v) is 2.85. The van der Waals surface area contributed by atoms with Crippen LogP contribution in [0.4, 0.5) is 5.88 Å². The van der Waals surface area contributed by atoms with E-state index in [1.807, 2.05) is 0 Å². The quantitative estimate of drug-likeness (QED) is 0.442. The van der Waals surface area contributed by atoms with Crippen LogP contribution in [0.3, 0.4) is 0 Å². The number of hydrogen-bond acceptors (Lipinski definition) is 7. The molecule has 9 heteroatoms. The van der Waals surface area contributed by atoms with E-state index in [9.17, 15) is 19.7 Å². The molecule has 0 bridgehead atoms. The molecular formula is C11H12N2O7. The molecule has 1 aliphatic rings. The average molecular weight is 284 g/mol. The molecule has 1 aromatic heterocycles. The average Bonchev–Trinajstić information content (AvgIpc) is 2.95. The lowest BCUT2D eigenvalue weighted by molar-refractivity contribution is -0.402. The summed E-state index contributed by atoms with van der Waals surface area (Å²) in [6.07, 6.45) is 0. The number of carbonyl (C=O) groups is 2. The molecule has 1 amide bonds. The van der Waals surface area contributed by atoms with Crippen LogP contribution in [0, 0.1) is 10.1 Å². The predicted molar refractivity (Wildman–Crippen MR) is 63.0 cm³/mol. The molecule has 0 aliphatic carbocycles. The maximum atomic E-state index is 12.2. The molecule has 2 rings (SSSR count). The smallest absolute Gasteiger partial charge is 0.433 e. The van der Waals surface area contributed by atoms with Gasteiger partial charge in [-0.1, -0.05) is 0 Å². The van der Waals surface area contributed by atoms with Crippen LogP contribution in [0.15, 0.2) is 16.5 Å². The van der Waals surface area contributed by atoms with E-state index >= 15 is 0 Å². The van der Waals surface area contributed by atoms with Gasteiger partial charge in [0.2, 0.25) is 0 Å². The van der Waals surface area contributed by atoms with E-state index in [0.717, 1.165) is 6.07 Å². The topological polar surface area (TPSA) is 112 Å². The molecule has 108 valence electrons. The Labute approximate surface area is 113 Å². The first-order chi connectivity index (χ1) is 9.54. The Morgan fingerprint density at radius 3 is 2.85 bits per heavy atom. The first-order valence-electron chi connectivity index (χ1n) is 5.75. The molecular weight excluding hydrogens is 272 g/mol. The van der Waals surface area contributed by atoms with Crippen LogP contribution in [0.1, 0.15) is 10.6 Å². The Morgan fingerprint density at radius 1 is 1.50 bits per heavy atom. The molecule has 1 atom stereocenters. The highest BCUT2D eigenvalue weighted by atomic mass is 16.6. The second-order valence-electron chi connectivity index (χ2n) is 4.01. The zero-order valence-corrected chi connectivity index (χ0v) is 10.6. The number of rotatable bonds is 3. The van der Waals surface area contributed by atoms with Gasteiger partial charge in [0, 0.05) is 6.54 Å². The van der Waals surface area contributed by atoms with Gasteiger partial charge >= 0.3 is 11.9 Å². The number of ether oxygens (including phenoxy) is 2. The van der Waals surface area contributed by atoms with Crippen molar-refractivity contribution in [1.82, 2.24) is 4.90 Å². The van der Waals surface area contributed by atoms with Crippen LogP contribution in [0.2, 0.25) is 0 Å². The highest BCUT2D eigenvalue weighted by Gasteiger charge is 2.35. The molecule has 1 saturated heterocycles. The van der Waals surface area contributed by atoms with Gasteiger partial charge in [-0.15, -0.1) is 0 Å². The Balaban J connectivity index is 2.20. The zero-order valence-electron chi connectivity index (χ0n) is 10.6. The number of carbonyl (C=O) groups excluding carboxylic acids is 2. The Kier molecular flexibility index (Phi) is 3.99. The van der Waals surface area contributed by atoms with Crippen LogP contribution in [-0.2, 0) is 14.3 Å². The lowest BCUT2D eigenvalue weighted by atomic mass is 10.2. The molecule has 1 unspecified atom stereocenters. The largest absolute Gasteiger partial charge is 0.467 e. The molecule has 0 aromatic carbocycles. The summed E-state index contributed by atoms with van der Waals surface area (Å²) in [6, 6.07) is 1.40. The van der Waals surface area contributed by atoms with E-state index in [-0.39, 0.29) is 25.5 Å². The molecule has 1 aromatic rings. The molecule has 1 fully saturated rings. The van der Waals surface area contributed by atoms with Crippen molar-refractivity contribution >= 4 is 17.8 Å². The fraction of sp³-hybridized carbons (Fsp3) is 0.455. The normalized spacial score (nSPS) is 18.6. The Bertz CT molecular complexity index is 539. The molecule has 1 aliphatic heterocycles. The van der Waals surface area contributed by atoms with Gasteiger partial charge in [-0.05, 0) is 6.07 Å². The first kappa shape index (κ1) is 14.0. The summed E-state index contributed by atoms with van der Waals surface area (Å²) in [5.74, 6) is -1.96. The maximum absolute atomic E-state index is 12.2. The SMILES string of the molecule is COC(=O)C1COCCN1C(=O)c1ccc([N+](=O)[O-])o1. The van der Waals surface area contributed by atoms with Gasteiger partial charge in [-0.25, -0.2) is 4.79 Å². The number of hydrogen-bond donors (Lipinski definition) is 0. The third-order valence-electron chi connectivity index (χ3n) is 2.85. The Morgan fingerprint density at radius 2 is 2.25 bits per heavy atom. The number of furan rings is 1. The van der Waals surface area contributed by atoms with Crippen molar-refractivity contribution in [3.05, 3.63) is 28.0 Å². The minimum absolute atomic E-state index is 0.0151. The number of methoxy groups -OCH3 is 1. The molecule has 0 N–H and O–H groups in total. The summed E-state index contributed by atoms with van der Waals surface area (Å²) in [6.45, 7) is 0.455. The van der Waals surface area contributed by atoms with Crippen LogP contribution >= 0.6 is 0 Å². The molecule has 0 radical (unpaired) electrons. The van der Waals surface area contributed by atoms with Crippen LogP contribution in [0.5, 0.6) is 0 Å². The van der Waals surface area contributed by atoms with Crippen molar-refractivity contribution in [3.8, 4) is 0 Å². The molecule has 0 spiro atoms. The number of nitrogens with zero attached hydrogens (tertiary/aromatic N) is 2. The highest BCUT2D eigenvalue weighted by Crippen LogP contribution is 2.19. The predicted octanol–water partition coefficient (Wildman–Crippen LogP) is 0.202. The summed E-state index contributed by atoms with van der Waals surface area (Å²) in [5.41, 5.74) is 0. The summed E-state index contributed by atoms with van der Waals surface area (Å²) >= 11 is 0. The van der Waals surface area contributed by atoms with Gasteiger partial charge in [0.15, 0.2) is 11.8 Å². The van der Waals surface area contributed by atoms with Crippen molar-refractivity contribution in [2.75, 3.05) is 26.9 Å². The lowest BCUT2D eigenvalue weighted by Crippen LogP contribution is -2.52. The lowest BCUT2D eigenvalue weighted by Gasteiger charge is -2.32. The summed E-state index contributed by atoms with van der Waals surface area (Å²) in [7, 11) is 1.21.